The van der Waals surface area contributed by atoms with Crippen molar-refractivity contribution in [3.63, 3.8) is 0 Å². The number of para-hydroxylation sites is 1. The van der Waals surface area contributed by atoms with E-state index in [1.807, 2.05) is 48.7 Å². The molecule has 2 aromatic heterocycles. The quantitative estimate of drug-likeness (QED) is 0.360. The largest absolute Gasteiger partial charge is 0.374 e. The predicted octanol–water partition coefficient (Wildman–Crippen LogP) is 4.88. The first kappa shape index (κ1) is 17.8. The number of carbonyl (C=O) groups is 1. The van der Waals surface area contributed by atoms with Gasteiger partial charge in [0.1, 0.15) is 5.25 Å². The number of H-pyrrole nitrogens is 1. The number of nitrogens with one attached hydrogen (secondary N) is 1. The summed E-state index contributed by atoms with van der Waals surface area (Å²) in [6.07, 6.45) is 2.73. The summed E-state index contributed by atoms with van der Waals surface area (Å²) in [6, 6.07) is 15.8. The van der Waals surface area contributed by atoms with Gasteiger partial charge in [-0.2, -0.15) is 0 Å². The lowest BCUT2D eigenvalue weighted by molar-refractivity contribution is 0.0991. The monoisotopic (exact) mass is 394 g/mol. The Morgan fingerprint density at radius 1 is 1.19 bits per heavy atom. The Bertz CT molecular complexity index is 1090. The van der Waals surface area contributed by atoms with E-state index >= 15 is 0 Å². The Labute approximate surface area is 165 Å². The zero-order valence-corrected chi connectivity index (χ0v) is 16.3. The van der Waals surface area contributed by atoms with Crippen molar-refractivity contribution in [2.24, 2.45) is 0 Å². The van der Waals surface area contributed by atoms with E-state index in [0.717, 1.165) is 22.9 Å². The van der Waals surface area contributed by atoms with Crippen LogP contribution in [-0.4, -0.2) is 21.0 Å². The van der Waals surface area contributed by atoms with E-state index in [9.17, 15) is 4.79 Å². The Hall–Kier alpha value is -2.64. The number of hydrogen-bond donors (Lipinski definition) is 2. The summed E-state index contributed by atoms with van der Waals surface area (Å²) >= 11 is 2.68. The van der Waals surface area contributed by atoms with Gasteiger partial charge in [0.05, 0.1) is 0 Å². The molecule has 0 spiro atoms. The Kier molecular flexibility index (Phi) is 4.96. The molecule has 5 nitrogen and oxygen atoms in total. The number of Topliss-reactive ketones (excluding diaryl/α,β-unsaturated/α-hetero) is 1. The van der Waals surface area contributed by atoms with E-state index in [-0.39, 0.29) is 5.78 Å². The molecule has 0 saturated carbocycles. The summed E-state index contributed by atoms with van der Waals surface area (Å²) in [5.74, 6) is 0.0412. The normalized spacial score (nSPS) is 12.3. The molecule has 0 unspecified atom stereocenters. The Morgan fingerprint density at radius 3 is 2.70 bits per heavy atom. The second-order valence-electron chi connectivity index (χ2n) is 6.07. The average Bonchev–Trinajstić information content (AvgIpc) is 3.32. The van der Waals surface area contributed by atoms with Crippen molar-refractivity contribution in [3.05, 3.63) is 71.4 Å². The molecule has 2 heterocycles. The molecule has 4 rings (SSSR count). The SMILES string of the molecule is CCc1cccc2c(C(=O)[C@H](Sc3nnc(N)s3)c3ccccc3)c[nH]c12. The van der Waals surface area contributed by atoms with Gasteiger partial charge in [0.25, 0.3) is 0 Å². The standard InChI is InChI=1S/C20H18N4OS2/c1-2-12-9-6-10-14-15(11-22-16(12)14)17(25)18(13-7-4-3-5-8-13)26-20-24-23-19(21)27-20/h3-11,18,22H,2H2,1H3,(H2,21,23)/t18-/m1/s1. The van der Waals surface area contributed by atoms with Gasteiger partial charge in [0, 0.05) is 22.7 Å². The number of benzene rings is 2. The smallest absolute Gasteiger partial charge is 0.203 e. The third kappa shape index (κ3) is 3.48. The minimum Gasteiger partial charge on any atom is -0.374 e. The number of ketones is 1. The minimum absolute atomic E-state index is 0.0412. The molecule has 2 aromatic carbocycles. The number of aromatic nitrogens is 3. The number of carbonyl (C=O) groups excluding carboxylic acids is 1. The highest BCUT2D eigenvalue weighted by Crippen LogP contribution is 2.40. The number of rotatable bonds is 6. The van der Waals surface area contributed by atoms with Crippen LogP contribution in [0, 0.1) is 0 Å². The van der Waals surface area contributed by atoms with E-state index in [1.54, 1.807) is 0 Å². The fourth-order valence-corrected chi connectivity index (χ4v) is 5.02. The van der Waals surface area contributed by atoms with E-state index in [4.69, 9.17) is 5.73 Å². The Balaban J connectivity index is 1.77. The van der Waals surface area contributed by atoms with Gasteiger partial charge in [-0.1, -0.05) is 78.6 Å². The molecule has 4 aromatic rings. The molecule has 7 heteroatoms. The van der Waals surface area contributed by atoms with E-state index in [0.29, 0.717) is 15.0 Å². The molecule has 1 atom stereocenters. The number of aromatic amines is 1. The summed E-state index contributed by atoms with van der Waals surface area (Å²) in [5.41, 5.74) is 9.57. The maximum Gasteiger partial charge on any atom is 0.203 e. The van der Waals surface area contributed by atoms with Gasteiger partial charge in [-0.05, 0) is 17.5 Å². The lowest BCUT2D eigenvalue weighted by Gasteiger charge is -2.14. The van der Waals surface area contributed by atoms with E-state index in [2.05, 4.69) is 28.2 Å². The van der Waals surface area contributed by atoms with Gasteiger partial charge < -0.3 is 10.7 Å². The predicted molar refractivity (Wildman–Crippen MR) is 111 cm³/mol. The van der Waals surface area contributed by atoms with Gasteiger partial charge in [0.2, 0.25) is 5.13 Å². The number of aryl methyl sites for hydroxylation is 1. The third-order valence-electron chi connectivity index (χ3n) is 4.43. The highest BCUT2D eigenvalue weighted by molar-refractivity contribution is 8.02. The lowest BCUT2D eigenvalue weighted by Crippen LogP contribution is -2.09. The molecule has 0 aliphatic carbocycles. The topological polar surface area (TPSA) is 84.7 Å². The lowest BCUT2D eigenvalue weighted by atomic mass is 10.0. The number of nitrogens with zero attached hydrogens (tertiary/aromatic N) is 2. The fraction of sp³-hybridized carbons (Fsp3) is 0.150. The van der Waals surface area contributed by atoms with Gasteiger partial charge in [0.15, 0.2) is 10.1 Å². The maximum atomic E-state index is 13.5. The molecule has 0 saturated heterocycles. The number of nitrogens with two attached hydrogens (primary N) is 1. The number of fused-ring (bicyclic) bond motifs is 1. The molecule has 0 radical (unpaired) electrons. The van der Waals surface area contributed by atoms with Crippen LogP contribution in [0.3, 0.4) is 0 Å². The summed E-state index contributed by atoms with van der Waals surface area (Å²) in [4.78, 5) is 16.8. The maximum absolute atomic E-state index is 13.5. The molecule has 0 bridgehead atoms. The zero-order valence-electron chi connectivity index (χ0n) is 14.7. The summed E-state index contributed by atoms with van der Waals surface area (Å²) in [5, 5.41) is 8.89. The van der Waals surface area contributed by atoms with Crippen molar-refractivity contribution in [2.75, 3.05) is 5.73 Å². The molecule has 0 amide bonds. The molecule has 0 fully saturated rings. The summed E-state index contributed by atoms with van der Waals surface area (Å²) < 4.78 is 0.684. The number of anilines is 1. The van der Waals surface area contributed by atoms with Crippen LogP contribution >= 0.6 is 23.1 Å². The van der Waals surface area contributed by atoms with Crippen molar-refractivity contribution < 1.29 is 4.79 Å². The van der Waals surface area contributed by atoms with Crippen LogP contribution in [0.25, 0.3) is 10.9 Å². The molecular formula is C20H18N4OS2. The van der Waals surface area contributed by atoms with Crippen LogP contribution in [0.15, 0.2) is 59.1 Å². The van der Waals surface area contributed by atoms with E-state index in [1.165, 1.54) is 28.7 Å². The van der Waals surface area contributed by atoms with Crippen molar-refractivity contribution in [1.82, 2.24) is 15.2 Å². The van der Waals surface area contributed by atoms with E-state index < -0.39 is 5.25 Å². The van der Waals surface area contributed by atoms with Crippen molar-refractivity contribution in [2.45, 2.75) is 22.9 Å². The molecule has 3 N–H and O–H groups in total. The first-order chi connectivity index (χ1) is 13.2. The van der Waals surface area contributed by atoms with Crippen LogP contribution < -0.4 is 5.73 Å². The zero-order chi connectivity index (χ0) is 18.8. The average molecular weight is 395 g/mol. The van der Waals surface area contributed by atoms with Crippen LogP contribution in [-0.2, 0) is 6.42 Å². The van der Waals surface area contributed by atoms with Gasteiger partial charge in [-0.3, -0.25) is 4.79 Å². The van der Waals surface area contributed by atoms with Crippen molar-refractivity contribution in [1.29, 1.82) is 0 Å². The van der Waals surface area contributed by atoms with Crippen molar-refractivity contribution >= 4 is 44.9 Å². The van der Waals surface area contributed by atoms with Gasteiger partial charge in [-0.15, -0.1) is 10.2 Å². The number of hydrogen-bond acceptors (Lipinski definition) is 6. The van der Waals surface area contributed by atoms with Gasteiger partial charge >= 0.3 is 0 Å². The van der Waals surface area contributed by atoms with Gasteiger partial charge in [-0.25, -0.2) is 0 Å². The fourth-order valence-electron chi connectivity index (χ4n) is 3.13. The first-order valence-electron chi connectivity index (χ1n) is 8.61. The second kappa shape index (κ2) is 7.54. The number of thioether (sulfide) groups is 1. The third-order valence-corrected chi connectivity index (χ3v) is 6.52. The molecule has 27 heavy (non-hydrogen) atoms. The highest BCUT2D eigenvalue weighted by Gasteiger charge is 2.27. The van der Waals surface area contributed by atoms with Crippen LogP contribution in [0.5, 0.6) is 0 Å². The summed E-state index contributed by atoms with van der Waals surface area (Å²) in [7, 11) is 0. The first-order valence-corrected chi connectivity index (χ1v) is 10.3. The highest BCUT2D eigenvalue weighted by atomic mass is 32.2. The molecule has 0 aliphatic heterocycles. The number of nitrogen functional groups attached to an aromatic ring is 1. The minimum atomic E-state index is -0.414. The molecular weight excluding hydrogens is 376 g/mol. The Morgan fingerprint density at radius 2 is 2.00 bits per heavy atom. The van der Waals surface area contributed by atoms with Crippen LogP contribution in [0.2, 0.25) is 0 Å². The molecule has 136 valence electrons. The summed E-state index contributed by atoms with van der Waals surface area (Å²) in [6.45, 7) is 2.11. The van der Waals surface area contributed by atoms with Crippen LogP contribution in [0.1, 0.15) is 33.7 Å². The van der Waals surface area contributed by atoms with Crippen LogP contribution in [0.4, 0.5) is 5.13 Å². The van der Waals surface area contributed by atoms with Crippen molar-refractivity contribution in [3.8, 4) is 0 Å². The molecule has 0 aliphatic rings. The second-order valence-corrected chi connectivity index (χ2v) is 8.44.